The van der Waals surface area contributed by atoms with Gasteiger partial charge in [-0.2, -0.15) is 0 Å². The first-order valence-electron chi connectivity index (χ1n) is 8.07. The standard InChI is InChI=1S/C18H26N4O2/c1-18(2,3)24-17(23)22(4)11-10-20-16(15-12-19-13-21-15)14-8-6-5-7-9-14/h5-9,12-13,16,20H,10-11H2,1-4H3,(H,19,21)/t16-/m1/s1. The van der Waals surface area contributed by atoms with Gasteiger partial charge in [-0.1, -0.05) is 30.3 Å². The molecule has 2 aromatic rings. The summed E-state index contributed by atoms with van der Waals surface area (Å²) >= 11 is 0. The van der Waals surface area contributed by atoms with Crippen LogP contribution >= 0.6 is 0 Å². The van der Waals surface area contributed by atoms with Gasteiger partial charge < -0.3 is 19.9 Å². The average Bonchev–Trinajstić information content (AvgIpc) is 3.04. The van der Waals surface area contributed by atoms with Crippen molar-refractivity contribution < 1.29 is 9.53 Å². The average molecular weight is 330 g/mol. The molecule has 0 aliphatic rings. The summed E-state index contributed by atoms with van der Waals surface area (Å²) < 4.78 is 5.36. The summed E-state index contributed by atoms with van der Waals surface area (Å²) in [5.74, 6) is 0. The number of rotatable bonds is 6. The van der Waals surface area contributed by atoms with Crippen LogP contribution < -0.4 is 5.32 Å². The van der Waals surface area contributed by atoms with Crippen LogP contribution in [0.3, 0.4) is 0 Å². The van der Waals surface area contributed by atoms with E-state index >= 15 is 0 Å². The predicted octanol–water partition coefficient (Wildman–Crippen LogP) is 2.96. The molecule has 0 aliphatic heterocycles. The highest BCUT2D eigenvalue weighted by atomic mass is 16.6. The molecule has 2 N–H and O–H groups in total. The molecule has 130 valence electrons. The fourth-order valence-corrected chi connectivity index (χ4v) is 2.29. The van der Waals surface area contributed by atoms with Gasteiger partial charge in [0.15, 0.2) is 0 Å². The second-order valence-electron chi connectivity index (χ2n) is 6.71. The van der Waals surface area contributed by atoms with Crippen LogP contribution in [-0.4, -0.2) is 46.7 Å². The number of carbonyl (C=O) groups is 1. The minimum absolute atomic E-state index is 0.000682. The fraction of sp³-hybridized carbons (Fsp3) is 0.444. The highest BCUT2D eigenvalue weighted by Crippen LogP contribution is 2.19. The molecule has 0 unspecified atom stereocenters. The van der Waals surface area contributed by atoms with Crippen molar-refractivity contribution in [2.45, 2.75) is 32.4 Å². The number of nitrogens with zero attached hydrogens (tertiary/aromatic N) is 2. The Labute approximate surface area is 143 Å². The molecule has 0 aliphatic carbocycles. The Hall–Kier alpha value is -2.34. The summed E-state index contributed by atoms with van der Waals surface area (Å²) in [6.45, 7) is 6.77. The second kappa shape index (κ2) is 7.97. The van der Waals surface area contributed by atoms with Crippen molar-refractivity contribution in [3.63, 3.8) is 0 Å². The number of ether oxygens (including phenoxy) is 1. The molecule has 0 radical (unpaired) electrons. The lowest BCUT2D eigenvalue weighted by molar-refractivity contribution is 0.0300. The monoisotopic (exact) mass is 330 g/mol. The largest absolute Gasteiger partial charge is 0.444 e. The quantitative estimate of drug-likeness (QED) is 0.854. The van der Waals surface area contributed by atoms with Gasteiger partial charge in [0.25, 0.3) is 0 Å². The van der Waals surface area contributed by atoms with Crippen molar-refractivity contribution in [1.29, 1.82) is 0 Å². The molecule has 6 nitrogen and oxygen atoms in total. The molecule has 1 heterocycles. The summed E-state index contributed by atoms with van der Waals surface area (Å²) in [6.07, 6.45) is 3.16. The highest BCUT2D eigenvalue weighted by Gasteiger charge is 2.20. The third kappa shape index (κ3) is 5.38. The lowest BCUT2D eigenvalue weighted by atomic mass is 10.0. The molecule has 1 aromatic heterocycles. The molecule has 0 fully saturated rings. The summed E-state index contributed by atoms with van der Waals surface area (Å²) in [7, 11) is 1.74. The SMILES string of the molecule is CN(CCN[C@H](c1ccccc1)c1cnc[nH]1)C(=O)OC(C)(C)C. The summed E-state index contributed by atoms with van der Waals surface area (Å²) in [5.41, 5.74) is 1.64. The zero-order chi connectivity index (χ0) is 17.6. The predicted molar refractivity (Wildman–Crippen MR) is 93.7 cm³/mol. The van der Waals surface area contributed by atoms with Gasteiger partial charge in [-0.05, 0) is 26.3 Å². The first kappa shape index (κ1) is 18.0. The molecule has 1 aromatic carbocycles. The van der Waals surface area contributed by atoms with Gasteiger partial charge in [0, 0.05) is 26.3 Å². The van der Waals surface area contributed by atoms with E-state index in [0.717, 1.165) is 11.3 Å². The van der Waals surface area contributed by atoms with Crippen LogP contribution in [0.4, 0.5) is 4.79 Å². The lowest BCUT2D eigenvalue weighted by Crippen LogP contribution is -2.38. The van der Waals surface area contributed by atoms with Gasteiger partial charge in [0.2, 0.25) is 0 Å². The highest BCUT2D eigenvalue weighted by molar-refractivity contribution is 5.67. The number of hydrogen-bond donors (Lipinski definition) is 2. The number of H-pyrrole nitrogens is 1. The summed E-state index contributed by atoms with van der Waals surface area (Å²) in [6, 6.07) is 10.1. The van der Waals surface area contributed by atoms with Gasteiger partial charge >= 0.3 is 6.09 Å². The zero-order valence-electron chi connectivity index (χ0n) is 14.7. The summed E-state index contributed by atoms with van der Waals surface area (Å²) in [5, 5.41) is 3.47. The Bertz CT molecular complexity index is 620. The van der Waals surface area contributed by atoms with Gasteiger partial charge in [-0.25, -0.2) is 9.78 Å². The van der Waals surface area contributed by atoms with Gasteiger partial charge in [0.1, 0.15) is 5.60 Å². The number of carbonyl (C=O) groups excluding carboxylic acids is 1. The van der Waals surface area contributed by atoms with E-state index in [1.54, 1.807) is 18.3 Å². The number of imidazole rings is 1. The van der Waals surface area contributed by atoms with E-state index in [1.165, 1.54) is 0 Å². The molecule has 6 heteroatoms. The minimum atomic E-state index is -0.485. The van der Waals surface area contributed by atoms with E-state index in [9.17, 15) is 4.79 Å². The lowest BCUT2D eigenvalue weighted by Gasteiger charge is -2.25. The van der Waals surface area contributed by atoms with Crippen molar-refractivity contribution in [3.8, 4) is 0 Å². The van der Waals surface area contributed by atoms with Crippen LogP contribution in [-0.2, 0) is 4.74 Å². The number of amides is 1. The van der Waals surface area contributed by atoms with Crippen molar-refractivity contribution in [1.82, 2.24) is 20.2 Å². The van der Waals surface area contributed by atoms with E-state index < -0.39 is 5.60 Å². The first-order valence-corrected chi connectivity index (χ1v) is 8.07. The molecular weight excluding hydrogens is 304 g/mol. The molecule has 0 bridgehead atoms. The fourth-order valence-electron chi connectivity index (χ4n) is 2.29. The normalized spacial score (nSPS) is 12.7. The van der Waals surface area contributed by atoms with Crippen LogP contribution in [0, 0.1) is 0 Å². The maximum Gasteiger partial charge on any atom is 0.410 e. The Balaban J connectivity index is 1.93. The van der Waals surface area contributed by atoms with E-state index in [1.807, 2.05) is 45.2 Å². The van der Waals surface area contributed by atoms with E-state index in [0.29, 0.717) is 13.1 Å². The second-order valence-corrected chi connectivity index (χ2v) is 6.71. The topological polar surface area (TPSA) is 70.2 Å². The van der Waals surface area contributed by atoms with Gasteiger partial charge in [0.05, 0.1) is 18.1 Å². The van der Waals surface area contributed by atoms with Crippen LogP contribution in [0.1, 0.15) is 38.1 Å². The maximum atomic E-state index is 12.0. The number of benzene rings is 1. The van der Waals surface area contributed by atoms with Crippen LogP contribution in [0.2, 0.25) is 0 Å². The first-order chi connectivity index (χ1) is 11.4. The van der Waals surface area contributed by atoms with Gasteiger partial charge in [-0.3, -0.25) is 0 Å². The van der Waals surface area contributed by atoms with Crippen molar-refractivity contribution in [2.75, 3.05) is 20.1 Å². The Morgan fingerprint density at radius 2 is 2.04 bits per heavy atom. The third-order valence-electron chi connectivity index (χ3n) is 3.46. The molecule has 0 saturated heterocycles. The van der Waals surface area contributed by atoms with Gasteiger partial charge in [-0.15, -0.1) is 0 Å². The Morgan fingerprint density at radius 1 is 1.33 bits per heavy atom. The van der Waals surface area contributed by atoms with Crippen molar-refractivity contribution in [3.05, 3.63) is 54.1 Å². The number of aromatic amines is 1. The number of hydrogen-bond acceptors (Lipinski definition) is 4. The molecule has 2 rings (SSSR count). The molecular formula is C18H26N4O2. The van der Waals surface area contributed by atoms with E-state index in [-0.39, 0.29) is 12.1 Å². The van der Waals surface area contributed by atoms with E-state index in [4.69, 9.17) is 4.74 Å². The molecule has 24 heavy (non-hydrogen) atoms. The summed E-state index contributed by atoms with van der Waals surface area (Å²) in [4.78, 5) is 20.8. The number of likely N-dealkylation sites (N-methyl/N-ethyl adjacent to an activating group) is 1. The molecule has 0 saturated carbocycles. The number of nitrogens with one attached hydrogen (secondary N) is 2. The van der Waals surface area contributed by atoms with Crippen LogP contribution in [0.25, 0.3) is 0 Å². The Kier molecular flexibility index (Phi) is 5.98. The smallest absolute Gasteiger partial charge is 0.410 e. The van der Waals surface area contributed by atoms with Crippen LogP contribution in [0.5, 0.6) is 0 Å². The Morgan fingerprint density at radius 3 is 2.62 bits per heavy atom. The zero-order valence-corrected chi connectivity index (χ0v) is 14.7. The molecule has 1 amide bonds. The van der Waals surface area contributed by atoms with Crippen molar-refractivity contribution >= 4 is 6.09 Å². The maximum absolute atomic E-state index is 12.0. The number of aromatic nitrogens is 2. The van der Waals surface area contributed by atoms with E-state index in [2.05, 4.69) is 27.4 Å². The third-order valence-corrected chi connectivity index (χ3v) is 3.46. The molecule has 1 atom stereocenters. The van der Waals surface area contributed by atoms with Crippen LogP contribution in [0.15, 0.2) is 42.9 Å². The molecule has 0 spiro atoms. The van der Waals surface area contributed by atoms with Crippen molar-refractivity contribution in [2.24, 2.45) is 0 Å². The minimum Gasteiger partial charge on any atom is -0.444 e.